The molecule has 0 atom stereocenters. The molecule has 9 heteroatoms. The first-order valence-corrected chi connectivity index (χ1v) is 11.5. The molecule has 2 heterocycles. The first kappa shape index (κ1) is 24.5. The number of amides is 3. The molecule has 0 aliphatic heterocycles. The summed E-state index contributed by atoms with van der Waals surface area (Å²) in [5.74, 6) is 1.39. The quantitative estimate of drug-likeness (QED) is 0.325. The molecule has 4 rings (SSSR count). The maximum Gasteiger partial charge on any atom is 0.322 e. The number of fused-ring (bicyclic) bond motifs is 1. The molecule has 4 aromatic rings. The highest BCUT2D eigenvalue weighted by Crippen LogP contribution is 2.23. The molecule has 0 aliphatic carbocycles. The van der Waals surface area contributed by atoms with E-state index in [1.54, 1.807) is 43.6 Å². The lowest BCUT2D eigenvalue weighted by atomic mass is 10.1. The number of pyridine rings is 2. The zero-order valence-electron chi connectivity index (χ0n) is 20.4. The number of urea groups is 1. The Morgan fingerprint density at radius 2 is 1.75 bits per heavy atom. The largest absolute Gasteiger partial charge is 0.497 e. The van der Waals surface area contributed by atoms with E-state index in [1.165, 1.54) is 0 Å². The minimum atomic E-state index is -0.274. The normalized spacial score (nSPS) is 10.5. The van der Waals surface area contributed by atoms with Crippen LogP contribution in [0.1, 0.15) is 22.8 Å². The molecule has 2 aromatic heterocycles. The second-order valence-corrected chi connectivity index (χ2v) is 8.13. The van der Waals surface area contributed by atoms with Crippen molar-refractivity contribution in [2.24, 2.45) is 0 Å². The fourth-order valence-electron chi connectivity index (χ4n) is 3.53. The number of benzene rings is 2. The van der Waals surface area contributed by atoms with Crippen molar-refractivity contribution in [2.75, 3.05) is 36.7 Å². The van der Waals surface area contributed by atoms with Crippen LogP contribution in [0.15, 0.2) is 73.1 Å². The molecule has 0 fully saturated rings. The van der Waals surface area contributed by atoms with Crippen LogP contribution >= 0.6 is 0 Å². The van der Waals surface area contributed by atoms with Gasteiger partial charge in [-0.05, 0) is 60.3 Å². The highest BCUT2D eigenvalue weighted by Gasteiger charge is 2.13. The van der Waals surface area contributed by atoms with Gasteiger partial charge in [-0.2, -0.15) is 0 Å². The Morgan fingerprint density at radius 1 is 0.944 bits per heavy atom. The lowest BCUT2D eigenvalue weighted by Gasteiger charge is -2.16. The number of hydrogen-bond donors (Lipinski definition) is 3. The van der Waals surface area contributed by atoms with E-state index >= 15 is 0 Å². The Bertz CT molecular complexity index is 1390. The molecule has 3 amide bonds. The number of methoxy groups -OCH3 is 1. The molecule has 0 radical (unpaired) electrons. The van der Waals surface area contributed by atoms with Crippen LogP contribution in [0.25, 0.3) is 10.8 Å². The summed E-state index contributed by atoms with van der Waals surface area (Å²) in [6, 6.07) is 18.2. The summed E-state index contributed by atoms with van der Waals surface area (Å²) in [6.45, 7) is 2.93. The highest BCUT2D eigenvalue weighted by molar-refractivity contribution is 6.08. The minimum absolute atomic E-state index is 0.224. The lowest BCUT2D eigenvalue weighted by Crippen LogP contribution is -2.31. The summed E-state index contributed by atoms with van der Waals surface area (Å²) in [5, 5.41) is 10.8. The third-order valence-corrected chi connectivity index (χ3v) is 5.71. The molecule has 0 unspecified atom stereocenters. The lowest BCUT2D eigenvalue weighted by molar-refractivity contribution is 0.102. The van der Waals surface area contributed by atoms with Crippen LogP contribution in [0.4, 0.5) is 22.1 Å². The zero-order valence-corrected chi connectivity index (χ0v) is 20.4. The first-order chi connectivity index (χ1) is 17.5. The van der Waals surface area contributed by atoms with Crippen LogP contribution in [0.2, 0.25) is 0 Å². The number of nitrogens with zero attached hydrogens (tertiary/aromatic N) is 3. The summed E-state index contributed by atoms with van der Waals surface area (Å²) in [7, 11) is 3.33. The molecule has 2 aromatic carbocycles. The van der Waals surface area contributed by atoms with Gasteiger partial charge >= 0.3 is 6.03 Å². The number of rotatable bonds is 8. The second kappa shape index (κ2) is 11.2. The van der Waals surface area contributed by atoms with Crippen LogP contribution in [-0.2, 0) is 6.54 Å². The van der Waals surface area contributed by atoms with Crippen LogP contribution in [0.3, 0.4) is 0 Å². The van der Waals surface area contributed by atoms with Crippen LogP contribution in [0.5, 0.6) is 5.75 Å². The van der Waals surface area contributed by atoms with Gasteiger partial charge in [0.1, 0.15) is 17.4 Å². The molecule has 0 spiro atoms. The SMILES string of the molecule is CCN(C)C(=O)Nc1cc(CNc2ccccc2C(=O)Nc2cc3ccc(OC)cc3cn2)ccn1. The number of carbonyl (C=O) groups is 2. The van der Waals surface area contributed by atoms with E-state index in [9.17, 15) is 9.59 Å². The van der Waals surface area contributed by atoms with Gasteiger partial charge in [-0.1, -0.05) is 18.2 Å². The fourth-order valence-corrected chi connectivity index (χ4v) is 3.53. The summed E-state index contributed by atoms with van der Waals surface area (Å²) in [4.78, 5) is 35.3. The van der Waals surface area contributed by atoms with Gasteiger partial charge in [0, 0.05) is 43.6 Å². The van der Waals surface area contributed by atoms with Gasteiger partial charge in [0.15, 0.2) is 0 Å². The number of hydrogen-bond acceptors (Lipinski definition) is 6. The van der Waals surface area contributed by atoms with Crippen LogP contribution < -0.4 is 20.7 Å². The van der Waals surface area contributed by atoms with Gasteiger partial charge < -0.3 is 20.3 Å². The Morgan fingerprint density at radius 3 is 2.56 bits per heavy atom. The Balaban J connectivity index is 1.45. The predicted octanol–water partition coefficient (Wildman–Crippen LogP) is 4.99. The second-order valence-electron chi connectivity index (χ2n) is 8.13. The molecule has 0 aliphatic rings. The van der Waals surface area contributed by atoms with E-state index in [0.29, 0.717) is 36.0 Å². The van der Waals surface area contributed by atoms with Crippen molar-refractivity contribution in [1.82, 2.24) is 14.9 Å². The van der Waals surface area contributed by atoms with Gasteiger partial charge in [-0.3, -0.25) is 10.1 Å². The molecule has 184 valence electrons. The van der Waals surface area contributed by atoms with Crippen LogP contribution in [0, 0.1) is 0 Å². The van der Waals surface area contributed by atoms with Crippen molar-refractivity contribution in [3.8, 4) is 5.75 Å². The topological polar surface area (TPSA) is 108 Å². The number of para-hydroxylation sites is 1. The maximum absolute atomic E-state index is 13.1. The van der Waals surface area contributed by atoms with Crippen molar-refractivity contribution in [1.29, 1.82) is 0 Å². The summed E-state index contributed by atoms with van der Waals surface area (Å²) in [6.07, 6.45) is 3.34. The number of anilines is 3. The average molecular weight is 485 g/mol. The summed E-state index contributed by atoms with van der Waals surface area (Å²) >= 11 is 0. The van der Waals surface area contributed by atoms with Crippen molar-refractivity contribution >= 4 is 40.0 Å². The molecular formula is C27H28N6O3. The van der Waals surface area contributed by atoms with Gasteiger partial charge in [-0.25, -0.2) is 14.8 Å². The fraction of sp³-hybridized carbons (Fsp3) is 0.185. The van der Waals surface area contributed by atoms with E-state index in [2.05, 4.69) is 25.9 Å². The average Bonchev–Trinajstić information content (AvgIpc) is 2.91. The third kappa shape index (κ3) is 5.87. The van der Waals surface area contributed by atoms with Gasteiger partial charge in [-0.15, -0.1) is 0 Å². The number of aromatic nitrogens is 2. The van der Waals surface area contributed by atoms with Crippen LogP contribution in [-0.4, -0.2) is 47.5 Å². The first-order valence-electron chi connectivity index (χ1n) is 11.5. The molecule has 36 heavy (non-hydrogen) atoms. The number of nitrogens with one attached hydrogen (secondary N) is 3. The smallest absolute Gasteiger partial charge is 0.322 e. The van der Waals surface area contributed by atoms with E-state index < -0.39 is 0 Å². The zero-order chi connectivity index (χ0) is 25.5. The van der Waals surface area contributed by atoms with Crippen molar-refractivity contribution in [3.63, 3.8) is 0 Å². The minimum Gasteiger partial charge on any atom is -0.497 e. The molecular weight excluding hydrogens is 456 g/mol. The number of carbonyl (C=O) groups excluding carboxylic acids is 2. The Labute approximate surface area is 209 Å². The number of ether oxygens (including phenoxy) is 1. The molecule has 3 N–H and O–H groups in total. The molecule has 0 saturated carbocycles. The van der Waals surface area contributed by atoms with E-state index in [1.807, 2.05) is 55.5 Å². The van der Waals surface area contributed by atoms with E-state index in [4.69, 9.17) is 4.74 Å². The van der Waals surface area contributed by atoms with Gasteiger partial charge in [0.2, 0.25) is 0 Å². The predicted molar refractivity (Wildman–Crippen MR) is 142 cm³/mol. The third-order valence-electron chi connectivity index (χ3n) is 5.71. The van der Waals surface area contributed by atoms with E-state index in [0.717, 1.165) is 22.1 Å². The Hall–Kier alpha value is -4.66. The van der Waals surface area contributed by atoms with Crippen molar-refractivity contribution in [3.05, 3.63) is 84.2 Å². The van der Waals surface area contributed by atoms with Gasteiger partial charge in [0.25, 0.3) is 5.91 Å². The molecule has 0 saturated heterocycles. The van der Waals surface area contributed by atoms with Gasteiger partial charge in [0.05, 0.1) is 12.7 Å². The van der Waals surface area contributed by atoms with Crippen molar-refractivity contribution in [2.45, 2.75) is 13.5 Å². The Kier molecular flexibility index (Phi) is 7.60. The van der Waals surface area contributed by atoms with Crippen molar-refractivity contribution < 1.29 is 14.3 Å². The summed E-state index contributed by atoms with van der Waals surface area (Å²) < 4.78 is 5.25. The molecule has 0 bridgehead atoms. The standard InChI is InChI=1S/C27H28N6O3/c1-4-33(2)27(35)32-24-13-18(11-12-28-24)16-29-23-8-6-5-7-22(23)26(34)31-25-15-19-9-10-21(36-3)14-20(19)17-30-25/h5-15,17,29H,4,16H2,1-3H3,(H,28,32,35)(H,30,31,34). The maximum atomic E-state index is 13.1. The monoisotopic (exact) mass is 484 g/mol. The highest BCUT2D eigenvalue weighted by atomic mass is 16.5. The van der Waals surface area contributed by atoms with E-state index in [-0.39, 0.29) is 11.9 Å². The molecule has 9 nitrogen and oxygen atoms in total. The summed E-state index contributed by atoms with van der Waals surface area (Å²) in [5.41, 5.74) is 2.07.